The maximum absolute atomic E-state index is 12.4. The maximum atomic E-state index is 12.4. The highest BCUT2D eigenvalue weighted by Crippen LogP contribution is 2.34. The van der Waals surface area contributed by atoms with Gasteiger partial charge in [-0.25, -0.2) is 4.79 Å². The van der Waals surface area contributed by atoms with Crippen molar-refractivity contribution in [3.63, 3.8) is 0 Å². The van der Waals surface area contributed by atoms with Crippen LogP contribution in [0.3, 0.4) is 0 Å². The second kappa shape index (κ2) is 7.05. The number of aryl methyl sites for hydroxylation is 3. The van der Waals surface area contributed by atoms with Crippen molar-refractivity contribution in [1.29, 1.82) is 0 Å². The average molecular weight is 314 g/mol. The number of anilines is 2. The molecule has 0 atom stereocenters. The minimum Gasteiger partial charge on any atom is -0.494 e. The summed E-state index contributed by atoms with van der Waals surface area (Å²) in [6.45, 7) is 5.97. The van der Waals surface area contributed by atoms with Crippen molar-refractivity contribution in [2.45, 2.75) is 20.8 Å². The smallest absolute Gasteiger partial charge is 0.323 e. The number of nitrogens with one attached hydrogen (secondary N) is 2. The van der Waals surface area contributed by atoms with Gasteiger partial charge in [-0.1, -0.05) is 23.8 Å². The molecule has 5 heteroatoms. The van der Waals surface area contributed by atoms with E-state index in [9.17, 15) is 4.79 Å². The Balaban J connectivity index is 2.24. The van der Waals surface area contributed by atoms with Gasteiger partial charge in [0.2, 0.25) is 0 Å². The molecule has 0 saturated heterocycles. The molecular weight excluding hydrogens is 292 g/mol. The molecule has 0 saturated carbocycles. The van der Waals surface area contributed by atoms with Gasteiger partial charge >= 0.3 is 6.03 Å². The first-order valence-corrected chi connectivity index (χ1v) is 7.33. The van der Waals surface area contributed by atoms with E-state index in [-0.39, 0.29) is 6.03 Å². The standard InChI is InChI=1S/C18H22N2O3/c1-11-9-12(2)16(13(3)10-11)19-18(21)20-17-14(22-4)7-6-8-15(17)23-5/h6-10H,1-5H3,(H2,19,20,21). The molecule has 23 heavy (non-hydrogen) atoms. The Morgan fingerprint density at radius 3 is 1.83 bits per heavy atom. The Labute approximate surface area is 136 Å². The van der Waals surface area contributed by atoms with Gasteiger partial charge in [-0.3, -0.25) is 0 Å². The lowest BCUT2D eigenvalue weighted by atomic mass is 10.1. The number of para-hydroxylation sites is 1. The third kappa shape index (κ3) is 3.74. The Hall–Kier alpha value is -2.69. The molecule has 0 spiro atoms. The number of rotatable bonds is 4. The number of hydrogen-bond donors (Lipinski definition) is 2. The molecule has 122 valence electrons. The number of urea groups is 1. The first-order valence-electron chi connectivity index (χ1n) is 7.33. The molecule has 2 aromatic carbocycles. The van der Waals surface area contributed by atoms with Gasteiger partial charge in [0.15, 0.2) is 0 Å². The molecule has 0 fully saturated rings. The highest BCUT2D eigenvalue weighted by molar-refractivity contribution is 6.02. The lowest BCUT2D eigenvalue weighted by Gasteiger charge is -2.16. The number of hydrogen-bond acceptors (Lipinski definition) is 3. The minimum atomic E-state index is -0.345. The monoisotopic (exact) mass is 314 g/mol. The minimum absolute atomic E-state index is 0.345. The van der Waals surface area contributed by atoms with Gasteiger partial charge in [0.05, 0.1) is 14.2 Å². The van der Waals surface area contributed by atoms with Crippen LogP contribution in [0.4, 0.5) is 16.2 Å². The molecule has 0 aliphatic rings. The zero-order valence-electron chi connectivity index (χ0n) is 14.1. The molecule has 2 N–H and O–H groups in total. The van der Waals surface area contributed by atoms with Crippen LogP contribution in [0.2, 0.25) is 0 Å². The number of ether oxygens (including phenoxy) is 2. The van der Waals surface area contributed by atoms with Crippen LogP contribution in [0, 0.1) is 20.8 Å². The van der Waals surface area contributed by atoms with Gasteiger partial charge in [-0.15, -0.1) is 0 Å². The molecule has 2 amide bonds. The van der Waals surface area contributed by atoms with E-state index in [1.165, 1.54) is 0 Å². The second-order valence-corrected chi connectivity index (χ2v) is 5.39. The summed E-state index contributed by atoms with van der Waals surface area (Å²) in [6.07, 6.45) is 0. The van der Waals surface area contributed by atoms with E-state index in [2.05, 4.69) is 10.6 Å². The Morgan fingerprint density at radius 2 is 1.35 bits per heavy atom. The molecule has 0 unspecified atom stereocenters. The summed E-state index contributed by atoms with van der Waals surface area (Å²) in [5.41, 5.74) is 4.51. The lowest BCUT2D eigenvalue weighted by Crippen LogP contribution is -2.21. The van der Waals surface area contributed by atoms with Crippen molar-refractivity contribution in [2.24, 2.45) is 0 Å². The summed E-state index contributed by atoms with van der Waals surface area (Å²) in [6, 6.07) is 9.05. The van der Waals surface area contributed by atoms with E-state index in [1.807, 2.05) is 32.9 Å². The lowest BCUT2D eigenvalue weighted by molar-refractivity contribution is 0.262. The Bertz CT molecular complexity index is 681. The fourth-order valence-electron chi connectivity index (χ4n) is 2.61. The van der Waals surface area contributed by atoms with Gasteiger partial charge in [-0.2, -0.15) is 0 Å². The van der Waals surface area contributed by atoms with Crippen molar-refractivity contribution in [3.05, 3.63) is 47.0 Å². The van der Waals surface area contributed by atoms with Crippen molar-refractivity contribution < 1.29 is 14.3 Å². The number of carbonyl (C=O) groups is 1. The van der Waals surface area contributed by atoms with E-state index in [0.717, 1.165) is 22.4 Å². The molecule has 5 nitrogen and oxygen atoms in total. The zero-order valence-corrected chi connectivity index (χ0v) is 14.1. The molecule has 0 aromatic heterocycles. The number of amides is 2. The molecule has 0 radical (unpaired) electrons. The topological polar surface area (TPSA) is 59.6 Å². The van der Waals surface area contributed by atoms with Crippen LogP contribution in [-0.4, -0.2) is 20.3 Å². The second-order valence-electron chi connectivity index (χ2n) is 5.39. The number of carbonyl (C=O) groups excluding carboxylic acids is 1. The quantitative estimate of drug-likeness (QED) is 0.886. The van der Waals surface area contributed by atoms with Crippen molar-refractivity contribution in [1.82, 2.24) is 0 Å². The van der Waals surface area contributed by atoms with E-state index in [1.54, 1.807) is 32.4 Å². The molecule has 0 bridgehead atoms. The highest BCUT2D eigenvalue weighted by Gasteiger charge is 2.14. The number of benzene rings is 2. The summed E-state index contributed by atoms with van der Waals surface area (Å²) < 4.78 is 10.6. The van der Waals surface area contributed by atoms with Crippen LogP contribution in [0.15, 0.2) is 30.3 Å². The van der Waals surface area contributed by atoms with Gasteiger partial charge < -0.3 is 20.1 Å². The average Bonchev–Trinajstić information content (AvgIpc) is 2.51. The molecular formula is C18H22N2O3. The fourth-order valence-corrected chi connectivity index (χ4v) is 2.61. The first kappa shape index (κ1) is 16.7. The van der Waals surface area contributed by atoms with Crippen LogP contribution in [0.1, 0.15) is 16.7 Å². The maximum Gasteiger partial charge on any atom is 0.323 e. The number of methoxy groups -OCH3 is 2. The van der Waals surface area contributed by atoms with Gasteiger partial charge in [0, 0.05) is 5.69 Å². The fraction of sp³-hybridized carbons (Fsp3) is 0.278. The van der Waals surface area contributed by atoms with E-state index in [4.69, 9.17) is 9.47 Å². The summed E-state index contributed by atoms with van der Waals surface area (Å²) in [4.78, 5) is 12.4. The first-order chi connectivity index (χ1) is 11.0. The summed E-state index contributed by atoms with van der Waals surface area (Å²) in [5.74, 6) is 1.08. The van der Waals surface area contributed by atoms with Crippen LogP contribution < -0.4 is 20.1 Å². The third-order valence-electron chi connectivity index (χ3n) is 3.58. The molecule has 0 heterocycles. The Kier molecular flexibility index (Phi) is 5.11. The van der Waals surface area contributed by atoms with E-state index < -0.39 is 0 Å². The largest absolute Gasteiger partial charge is 0.494 e. The molecule has 2 rings (SSSR count). The SMILES string of the molecule is COc1cccc(OC)c1NC(=O)Nc1c(C)cc(C)cc1C. The Morgan fingerprint density at radius 1 is 0.870 bits per heavy atom. The van der Waals surface area contributed by atoms with Gasteiger partial charge in [0.25, 0.3) is 0 Å². The van der Waals surface area contributed by atoms with Crippen molar-refractivity contribution in [3.8, 4) is 11.5 Å². The third-order valence-corrected chi connectivity index (χ3v) is 3.58. The van der Waals surface area contributed by atoms with Crippen LogP contribution in [0.5, 0.6) is 11.5 Å². The van der Waals surface area contributed by atoms with Gasteiger partial charge in [0.1, 0.15) is 17.2 Å². The van der Waals surface area contributed by atoms with Crippen molar-refractivity contribution in [2.75, 3.05) is 24.9 Å². The predicted octanol–water partition coefficient (Wildman–Crippen LogP) is 4.27. The zero-order chi connectivity index (χ0) is 17.0. The van der Waals surface area contributed by atoms with Crippen molar-refractivity contribution >= 4 is 17.4 Å². The normalized spacial score (nSPS) is 10.1. The summed E-state index contributed by atoms with van der Waals surface area (Å²) in [7, 11) is 3.10. The van der Waals surface area contributed by atoms with E-state index in [0.29, 0.717) is 17.2 Å². The molecule has 0 aliphatic carbocycles. The molecule has 0 aliphatic heterocycles. The summed E-state index contributed by atoms with van der Waals surface area (Å²) >= 11 is 0. The molecule has 2 aromatic rings. The summed E-state index contributed by atoms with van der Waals surface area (Å²) in [5, 5.41) is 5.69. The van der Waals surface area contributed by atoms with Crippen LogP contribution >= 0.6 is 0 Å². The van der Waals surface area contributed by atoms with Gasteiger partial charge in [-0.05, 0) is 44.0 Å². The highest BCUT2D eigenvalue weighted by atomic mass is 16.5. The predicted molar refractivity (Wildman–Crippen MR) is 92.8 cm³/mol. The van der Waals surface area contributed by atoms with Crippen LogP contribution in [0.25, 0.3) is 0 Å². The van der Waals surface area contributed by atoms with Crippen LogP contribution in [-0.2, 0) is 0 Å². The van der Waals surface area contributed by atoms with E-state index >= 15 is 0 Å².